The SMILES string of the molecule is [CH2-]N(C)CC1[CH-]CCCC1.[Y]. The molecule has 1 aliphatic rings. The van der Waals surface area contributed by atoms with E-state index in [0.29, 0.717) is 0 Å². The molecule has 1 rings (SSSR count). The van der Waals surface area contributed by atoms with Crippen molar-refractivity contribution in [2.45, 2.75) is 25.7 Å². The van der Waals surface area contributed by atoms with Crippen LogP contribution in [0.5, 0.6) is 0 Å². The van der Waals surface area contributed by atoms with Crippen LogP contribution in [0.25, 0.3) is 0 Å². The molecule has 1 radical (unpaired) electrons. The molecule has 0 saturated heterocycles. The predicted molar refractivity (Wildman–Crippen MR) is 44.2 cm³/mol. The topological polar surface area (TPSA) is 3.24 Å². The van der Waals surface area contributed by atoms with Crippen molar-refractivity contribution in [2.75, 3.05) is 13.6 Å². The standard InChI is InChI=1S/C9H17N.Y/c1-10(2)8-9-6-4-3-5-7-9;/h6,9H,1,3-5,7-8H2,2H3;/q-2;. The quantitative estimate of drug-likeness (QED) is 0.654. The van der Waals surface area contributed by atoms with E-state index >= 15 is 0 Å². The van der Waals surface area contributed by atoms with E-state index in [1.54, 1.807) is 0 Å². The van der Waals surface area contributed by atoms with Crippen LogP contribution < -0.4 is 0 Å². The van der Waals surface area contributed by atoms with Crippen LogP contribution in [0.15, 0.2) is 0 Å². The number of hydrogen-bond donors (Lipinski definition) is 0. The molecule has 0 aliphatic heterocycles. The summed E-state index contributed by atoms with van der Waals surface area (Å²) in [5, 5.41) is 0. The van der Waals surface area contributed by atoms with Crippen LogP contribution in [0.4, 0.5) is 0 Å². The molecule has 0 heterocycles. The van der Waals surface area contributed by atoms with Gasteiger partial charge in [0.25, 0.3) is 0 Å². The number of hydrogen-bond acceptors (Lipinski definition) is 1. The van der Waals surface area contributed by atoms with E-state index in [0.717, 1.165) is 12.5 Å². The Morgan fingerprint density at radius 2 is 2.27 bits per heavy atom. The molecule has 1 aliphatic carbocycles. The normalized spacial score (nSPS) is 24.8. The Kier molecular flexibility index (Phi) is 7.20. The van der Waals surface area contributed by atoms with Gasteiger partial charge in [-0.15, -0.1) is 0 Å². The molecule has 0 amide bonds. The second kappa shape index (κ2) is 6.57. The van der Waals surface area contributed by atoms with Gasteiger partial charge in [-0.2, -0.15) is 12.3 Å². The largest absolute Gasteiger partial charge is 0.464 e. The van der Waals surface area contributed by atoms with Gasteiger partial charge in [-0.1, -0.05) is 25.8 Å². The van der Waals surface area contributed by atoms with Gasteiger partial charge in [-0.05, 0) is 7.05 Å². The Bertz CT molecular complexity index is 87.6. The minimum Gasteiger partial charge on any atom is -0.464 e. The molecule has 0 spiro atoms. The van der Waals surface area contributed by atoms with E-state index in [9.17, 15) is 0 Å². The summed E-state index contributed by atoms with van der Waals surface area (Å²) in [5.41, 5.74) is 0. The third-order valence-corrected chi connectivity index (χ3v) is 2.08. The van der Waals surface area contributed by atoms with Crippen LogP contribution in [0, 0.1) is 19.4 Å². The molecule has 1 nitrogen and oxygen atoms in total. The minimum atomic E-state index is 0. The van der Waals surface area contributed by atoms with Crippen molar-refractivity contribution in [3.63, 3.8) is 0 Å². The summed E-state index contributed by atoms with van der Waals surface area (Å²) in [5.74, 6) is 0.816. The van der Waals surface area contributed by atoms with Gasteiger partial charge >= 0.3 is 0 Å². The molecular weight excluding hydrogens is 211 g/mol. The molecule has 0 aromatic carbocycles. The maximum absolute atomic E-state index is 3.85. The average molecular weight is 228 g/mol. The van der Waals surface area contributed by atoms with E-state index in [1.165, 1.54) is 25.7 Å². The summed E-state index contributed by atoms with van der Waals surface area (Å²) in [6, 6.07) is 0. The molecule has 11 heavy (non-hydrogen) atoms. The summed E-state index contributed by atoms with van der Waals surface area (Å²) in [4.78, 5) is 2.03. The molecule has 0 aromatic heterocycles. The molecule has 0 bridgehead atoms. The van der Waals surface area contributed by atoms with E-state index in [1.807, 2.05) is 11.9 Å². The van der Waals surface area contributed by atoms with Crippen LogP contribution >= 0.6 is 0 Å². The Hall–Kier alpha value is 1.06. The van der Waals surface area contributed by atoms with Gasteiger partial charge in [0.1, 0.15) is 0 Å². The maximum atomic E-state index is 3.85. The van der Waals surface area contributed by atoms with Gasteiger partial charge in [0.2, 0.25) is 0 Å². The van der Waals surface area contributed by atoms with Crippen molar-refractivity contribution in [2.24, 2.45) is 5.92 Å². The van der Waals surface area contributed by atoms with Crippen molar-refractivity contribution >= 4 is 0 Å². The summed E-state index contributed by atoms with van der Waals surface area (Å²) < 4.78 is 0. The van der Waals surface area contributed by atoms with Crippen LogP contribution in [0.2, 0.25) is 0 Å². The fourth-order valence-corrected chi connectivity index (χ4v) is 1.59. The van der Waals surface area contributed by atoms with E-state index in [2.05, 4.69) is 13.5 Å². The van der Waals surface area contributed by atoms with Crippen molar-refractivity contribution in [3.8, 4) is 0 Å². The molecule has 1 fully saturated rings. The molecule has 0 N–H and O–H groups in total. The summed E-state index contributed by atoms with van der Waals surface area (Å²) >= 11 is 0. The van der Waals surface area contributed by atoms with Gasteiger partial charge < -0.3 is 11.3 Å². The minimum absolute atomic E-state index is 0. The molecule has 2 heteroatoms. The van der Waals surface area contributed by atoms with Gasteiger partial charge in [-0.3, -0.25) is 7.05 Å². The predicted octanol–water partition coefficient (Wildman–Crippen LogP) is 2.10. The second-order valence-electron chi connectivity index (χ2n) is 3.32. The second-order valence-corrected chi connectivity index (χ2v) is 3.32. The smallest absolute Gasteiger partial charge is 0 e. The van der Waals surface area contributed by atoms with Crippen molar-refractivity contribution < 1.29 is 32.7 Å². The van der Waals surface area contributed by atoms with Crippen LogP contribution in [0.1, 0.15) is 25.7 Å². The van der Waals surface area contributed by atoms with Crippen molar-refractivity contribution in [3.05, 3.63) is 13.5 Å². The maximum Gasteiger partial charge on any atom is 0 e. The third-order valence-electron chi connectivity index (χ3n) is 2.08. The Morgan fingerprint density at radius 3 is 2.73 bits per heavy atom. The Balaban J connectivity index is 0.000001000. The first-order chi connectivity index (χ1) is 4.79. The fourth-order valence-electron chi connectivity index (χ4n) is 1.59. The monoisotopic (exact) mass is 228 g/mol. The fraction of sp³-hybridized carbons (Fsp3) is 0.778. The van der Waals surface area contributed by atoms with E-state index in [4.69, 9.17) is 0 Å². The Labute approximate surface area is 95.8 Å². The van der Waals surface area contributed by atoms with Crippen LogP contribution in [-0.2, 0) is 32.7 Å². The molecule has 63 valence electrons. The van der Waals surface area contributed by atoms with Gasteiger partial charge in [-0.25, -0.2) is 0 Å². The molecular formula is C9H17NY-2. The average Bonchev–Trinajstić information content (AvgIpc) is 1.88. The molecule has 0 aromatic rings. The first-order valence-corrected chi connectivity index (χ1v) is 4.14. The van der Waals surface area contributed by atoms with Gasteiger partial charge in [0.05, 0.1) is 0 Å². The van der Waals surface area contributed by atoms with E-state index in [-0.39, 0.29) is 32.7 Å². The third kappa shape index (κ3) is 5.33. The van der Waals surface area contributed by atoms with Gasteiger partial charge in [0, 0.05) is 32.7 Å². The zero-order valence-corrected chi connectivity index (χ0v) is 10.3. The number of nitrogens with zero attached hydrogens (tertiary/aromatic N) is 1. The Morgan fingerprint density at radius 1 is 1.55 bits per heavy atom. The van der Waals surface area contributed by atoms with E-state index < -0.39 is 0 Å². The molecule has 1 unspecified atom stereocenters. The zero-order chi connectivity index (χ0) is 7.40. The summed E-state index contributed by atoms with van der Waals surface area (Å²) in [7, 11) is 5.89. The first kappa shape index (κ1) is 12.1. The van der Waals surface area contributed by atoms with Crippen LogP contribution in [0.3, 0.4) is 0 Å². The summed E-state index contributed by atoms with van der Waals surface area (Å²) in [6.45, 7) is 1.14. The molecule has 1 atom stereocenters. The summed E-state index contributed by atoms with van der Waals surface area (Å²) in [6.07, 6.45) is 7.95. The first-order valence-electron chi connectivity index (χ1n) is 4.14. The number of rotatable bonds is 2. The van der Waals surface area contributed by atoms with Crippen molar-refractivity contribution in [1.29, 1.82) is 0 Å². The molecule has 1 saturated carbocycles. The van der Waals surface area contributed by atoms with Gasteiger partial charge in [0.15, 0.2) is 0 Å². The van der Waals surface area contributed by atoms with Crippen LogP contribution in [-0.4, -0.2) is 18.5 Å². The van der Waals surface area contributed by atoms with Crippen molar-refractivity contribution in [1.82, 2.24) is 4.90 Å². The zero-order valence-electron chi connectivity index (χ0n) is 7.42.